The maximum atomic E-state index is 14.6. The summed E-state index contributed by atoms with van der Waals surface area (Å²) in [5, 5.41) is 23.7. The molecule has 5 aromatic carbocycles. The Labute approximate surface area is 670 Å². The van der Waals surface area contributed by atoms with Crippen molar-refractivity contribution in [1.29, 1.82) is 0 Å². The van der Waals surface area contributed by atoms with Crippen LogP contribution in [0.3, 0.4) is 0 Å². The van der Waals surface area contributed by atoms with Gasteiger partial charge in [-0.3, -0.25) is 4.57 Å². The minimum Gasteiger partial charge on any atom is -0.497 e. The van der Waals surface area contributed by atoms with Gasteiger partial charge in [-0.15, -0.1) is 0 Å². The molecule has 12 N–H and O–H groups in total. The first kappa shape index (κ1) is 83.6. The number of methoxy groups -OCH3 is 1. The number of nitrogen functional groups attached to an aromatic ring is 4. The Hall–Kier alpha value is -15.4. The van der Waals surface area contributed by atoms with E-state index < -0.39 is 106 Å². The largest absolute Gasteiger partial charge is 0.497 e. The number of aryl methyl sites for hydroxylation is 4. The minimum absolute atomic E-state index is 0.00533. The predicted molar refractivity (Wildman–Crippen MR) is 415 cm³/mol. The second kappa shape index (κ2) is 34.8. The fourth-order valence-electron chi connectivity index (χ4n) is 12.0. The molecule has 0 fully saturated rings. The lowest BCUT2D eigenvalue weighted by Crippen LogP contribution is -2.10. The van der Waals surface area contributed by atoms with Crippen molar-refractivity contribution in [2.45, 2.75) is 59.9 Å². The smallest absolute Gasteiger partial charge is 0.416 e. The van der Waals surface area contributed by atoms with Gasteiger partial charge in [0.2, 0.25) is 29.2 Å². The zero-order valence-corrected chi connectivity index (χ0v) is 62.9. The highest BCUT2D eigenvalue weighted by Crippen LogP contribution is 2.38. The first-order valence-corrected chi connectivity index (χ1v) is 35.4. The van der Waals surface area contributed by atoms with Crippen LogP contribution in [0.15, 0.2) is 164 Å². The van der Waals surface area contributed by atoms with Gasteiger partial charge in [-0.2, -0.15) is 73.6 Å². The summed E-state index contributed by atoms with van der Waals surface area (Å²) < 4.78 is 234. The van der Waals surface area contributed by atoms with Gasteiger partial charge in [0.15, 0.2) is 75.6 Å². The minimum atomic E-state index is -4.49. The molecule has 0 saturated carbocycles. The molecule has 0 radical (unpaired) electrons. The number of alkyl halides is 7. The molecule has 16 aromatic rings. The molecule has 43 heteroatoms. The van der Waals surface area contributed by atoms with Crippen LogP contribution in [-0.4, -0.2) is 98.6 Å². The normalized spacial score (nSPS) is 11.4. The van der Waals surface area contributed by atoms with E-state index in [1.807, 2.05) is 13.8 Å². The third kappa shape index (κ3) is 18.6. The van der Waals surface area contributed by atoms with Crippen LogP contribution >= 0.6 is 0 Å². The molecule has 27 nitrogen and oxygen atoms in total. The zero-order chi connectivity index (χ0) is 86.6. The van der Waals surface area contributed by atoms with Crippen molar-refractivity contribution in [2.75, 3.05) is 51.3 Å². The number of aromatic nitrogens is 16. The number of imidazole rings is 1. The van der Waals surface area contributed by atoms with Gasteiger partial charge < -0.3 is 58.4 Å². The fourth-order valence-corrected chi connectivity index (χ4v) is 12.0. The molecular formula is C78H60F16N24O3. The number of nitrogens with zero attached hydrogens (tertiary/aromatic N) is 16. The molecule has 622 valence electrons. The summed E-state index contributed by atoms with van der Waals surface area (Å²) in [7, 11) is 1.53. The van der Waals surface area contributed by atoms with Gasteiger partial charge in [-0.1, -0.05) is 19.9 Å². The van der Waals surface area contributed by atoms with Gasteiger partial charge in [-0.05, 0) is 130 Å². The average Bonchev–Trinajstić information content (AvgIpc) is 1.60. The highest BCUT2D eigenvalue weighted by Gasteiger charge is 2.31. The second-order valence-electron chi connectivity index (χ2n) is 25.6. The number of halogens is 16. The van der Waals surface area contributed by atoms with Gasteiger partial charge in [0.05, 0.1) is 74.0 Å². The van der Waals surface area contributed by atoms with Crippen molar-refractivity contribution in [2.24, 2.45) is 0 Å². The number of nitrogens with one attached hydrogen (secondary N) is 4. The highest BCUT2D eigenvalue weighted by atomic mass is 19.4. The summed E-state index contributed by atoms with van der Waals surface area (Å²) in [4.78, 5) is 37.0. The molecule has 16 rings (SSSR count). The van der Waals surface area contributed by atoms with Crippen LogP contribution in [0.25, 0.3) is 67.7 Å². The number of pyridine rings is 3. The SMILES string of the molecule is CCc1nn2ccc(F)cc2c1-c1nc(N)c(F)c(Nc2ccc(C(F)(F)F)cc2)n1.CCc1nn2ccc(F)cc2c1-c1nc(N)c(F)c(Nc2ccc(OC(F)F)cc2)n1.COc1cccc(Nc2nc(-n3c(C)nc4ccc(F)cc43)nc(N)c2F)c1.Cc1nn2ccc(F)cc2c1-c1nc(N)c(F)c(Nc2ccc(OC(F)F)c(F)c2)n1. The topological polar surface area (TPSA) is 353 Å². The highest BCUT2D eigenvalue weighted by molar-refractivity contribution is 5.84. The lowest BCUT2D eigenvalue weighted by Gasteiger charge is -2.12. The van der Waals surface area contributed by atoms with Crippen LogP contribution < -0.4 is 58.4 Å². The van der Waals surface area contributed by atoms with E-state index in [9.17, 15) is 70.2 Å². The first-order chi connectivity index (χ1) is 57.7. The molecule has 0 bridgehead atoms. The van der Waals surface area contributed by atoms with Gasteiger partial charge in [0, 0.05) is 77.7 Å². The average molecular weight is 1690 g/mol. The number of ether oxygens (including phenoxy) is 3. The molecule has 0 unspecified atom stereocenters. The van der Waals surface area contributed by atoms with Gasteiger partial charge >= 0.3 is 19.4 Å². The van der Waals surface area contributed by atoms with Crippen molar-refractivity contribution in [1.82, 2.24) is 78.3 Å². The van der Waals surface area contributed by atoms with Crippen molar-refractivity contribution >= 4 is 96.9 Å². The Kier molecular flexibility index (Phi) is 24.1. The van der Waals surface area contributed by atoms with Crippen LogP contribution in [0.4, 0.5) is 140 Å². The Morgan fingerprint density at radius 1 is 0.413 bits per heavy atom. The van der Waals surface area contributed by atoms with Crippen LogP contribution in [0.1, 0.15) is 42.3 Å². The van der Waals surface area contributed by atoms with E-state index in [1.165, 1.54) is 123 Å². The monoisotopic (exact) mass is 1680 g/mol. The summed E-state index contributed by atoms with van der Waals surface area (Å²) in [6.07, 6.45) is 0.753. The van der Waals surface area contributed by atoms with Crippen molar-refractivity contribution in [3.05, 3.63) is 245 Å². The van der Waals surface area contributed by atoms with Crippen molar-refractivity contribution in [3.8, 4) is 57.4 Å². The van der Waals surface area contributed by atoms with E-state index in [0.29, 0.717) is 97.1 Å². The quantitative estimate of drug-likeness (QED) is 0.0349. The molecule has 11 aromatic heterocycles. The van der Waals surface area contributed by atoms with E-state index >= 15 is 0 Å². The maximum absolute atomic E-state index is 14.6. The van der Waals surface area contributed by atoms with Crippen LogP contribution in [0.5, 0.6) is 17.2 Å². The van der Waals surface area contributed by atoms with Crippen LogP contribution in [0, 0.1) is 66.2 Å². The van der Waals surface area contributed by atoms with E-state index in [1.54, 1.807) is 44.2 Å². The maximum Gasteiger partial charge on any atom is 0.416 e. The molecule has 0 atom stereocenters. The van der Waals surface area contributed by atoms with E-state index in [2.05, 4.69) is 90.9 Å². The first-order valence-electron chi connectivity index (χ1n) is 35.4. The second-order valence-corrected chi connectivity index (χ2v) is 25.6. The molecule has 0 amide bonds. The number of nitrogens with two attached hydrogens (primary N) is 4. The Morgan fingerprint density at radius 3 is 1.31 bits per heavy atom. The summed E-state index contributed by atoms with van der Waals surface area (Å²) >= 11 is 0. The lowest BCUT2D eigenvalue weighted by molar-refractivity contribution is -0.137. The molecule has 0 spiro atoms. The number of hydrogen-bond acceptors (Lipinski definition) is 23. The lowest BCUT2D eigenvalue weighted by atomic mass is 10.1. The fraction of sp³-hybridized carbons (Fsp3) is 0.128. The molecular weight excluding hydrogens is 1620 g/mol. The molecule has 0 aliphatic heterocycles. The molecule has 0 saturated heterocycles. The number of rotatable bonds is 19. The third-order valence-corrected chi connectivity index (χ3v) is 17.5. The summed E-state index contributed by atoms with van der Waals surface area (Å²) in [6.45, 7) is 0.883. The summed E-state index contributed by atoms with van der Waals surface area (Å²) in [5.41, 5.74) is 27.9. The summed E-state index contributed by atoms with van der Waals surface area (Å²) in [5.74, 6) is -9.04. The van der Waals surface area contributed by atoms with E-state index in [0.717, 1.165) is 36.4 Å². The number of fused-ring (bicyclic) bond motifs is 4. The van der Waals surface area contributed by atoms with E-state index in [4.69, 9.17) is 27.7 Å². The standard InChI is InChI=1S/C20H15F5N6.C20H16F4N6O.C19H13F5N6O.C19H16F2N6O/c1-2-13-15(14-9-11(21)7-8-31(14)30-13)18-28-17(26)16(22)19(29-18)27-12-5-3-10(4-6-12)20(23,24)25;1-2-13-15(14-9-10(21)7-8-30(14)29-13)18-27-17(25)16(22)19(28-18)26-11-3-5-12(6-4-11)31-20(23)24;1-8-14(12-6-9(20)4-5-30(12)29-8)17-27-16(25)15(22)18(28-17)26-10-2-3-13(11(21)7-10)31-19(23)24;1-10-23-14-7-6-11(20)8-15(14)27(10)19-25-17(22)16(21)18(26-19)24-12-4-3-5-13(9-12)28-2/h3-9H,2H2,1H3,(H3,26,27,28,29);3-9,20H,2H2,1H3,(H3,25,26,27,28);2-7,19H,1H3,(H3,25,26,27,28);3-9H,1-2H3,(H3,22,24,25,26). The molecule has 0 aliphatic carbocycles. The molecule has 11 heterocycles. The van der Waals surface area contributed by atoms with Crippen molar-refractivity contribution in [3.63, 3.8) is 0 Å². The summed E-state index contributed by atoms with van der Waals surface area (Å²) in [6, 6.07) is 30.9. The van der Waals surface area contributed by atoms with Crippen LogP contribution in [0.2, 0.25) is 0 Å². The van der Waals surface area contributed by atoms with Gasteiger partial charge in [-0.25, -0.2) is 70.4 Å². The zero-order valence-electron chi connectivity index (χ0n) is 62.9. The van der Waals surface area contributed by atoms with Gasteiger partial charge in [0.1, 0.15) is 40.6 Å². The predicted octanol–water partition coefficient (Wildman–Crippen LogP) is 17.7. The third-order valence-electron chi connectivity index (χ3n) is 17.5. The Bertz CT molecular complexity index is 6550. The molecule has 121 heavy (non-hydrogen) atoms. The number of anilines is 12. The van der Waals surface area contributed by atoms with E-state index in [-0.39, 0.29) is 63.8 Å². The van der Waals surface area contributed by atoms with Crippen molar-refractivity contribution < 1.29 is 84.5 Å². The van der Waals surface area contributed by atoms with Gasteiger partial charge in [0.25, 0.3) is 0 Å². The molecule has 0 aliphatic rings. The number of benzene rings is 5. The Balaban J connectivity index is 0.000000139. The van der Waals surface area contributed by atoms with Crippen LogP contribution in [-0.2, 0) is 19.0 Å². The Morgan fingerprint density at radius 2 is 0.835 bits per heavy atom. The number of hydrogen-bond donors (Lipinski definition) is 8.